The summed E-state index contributed by atoms with van der Waals surface area (Å²) in [6, 6.07) is 24.6. The Morgan fingerprint density at radius 3 is 1.86 bits per heavy atom. The van der Waals surface area contributed by atoms with Crippen molar-refractivity contribution in [1.29, 1.82) is 0 Å². The summed E-state index contributed by atoms with van der Waals surface area (Å²) in [6.45, 7) is 11.8. The van der Waals surface area contributed by atoms with Crippen molar-refractivity contribution in [2.45, 2.75) is 80.8 Å². The molecule has 3 N–H and O–H groups in total. The number of aromatic amines is 1. The number of ether oxygens (including phenoxy) is 4. The van der Waals surface area contributed by atoms with Crippen molar-refractivity contribution in [2.24, 2.45) is 0 Å². The van der Waals surface area contributed by atoms with E-state index < -0.39 is 52.9 Å². The van der Waals surface area contributed by atoms with Gasteiger partial charge in [-0.05, 0) is 52.9 Å². The average Bonchev–Trinajstić information content (AvgIpc) is 3.41. The van der Waals surface area contributed by atoms with Crippen LogP contribution in [0.4, 0.5) is 0 Å². The lowest BCUT2D eigenvalue weighted by atomic mass is 9.61. The maximum atomic E-state index is 13.7. The quantitative estimate of drug-likeness (QED) is 0.141. The zero-order valence-corrected chi connectivity index (χ0v) is 31.4. The van der Waals surface area contributed by atoms with Crippen molar-refractivity contribution in [3.05, 3.63) is 128 Å². The van der Waals surface area contributed by atoms with E-state index in [1.807, 2.05) is 78.9 Å². The maximum Gasteiger partial charge on any atom is 0.330 e. The van der Waals surface area contributed by atoms with Crippen LogP contribution < -0.4 is 20.7 Å². The van der Waals surface area contributed by atoms with Crippen molar-refractivity contribution in [1.82, 2.24) is 9.55 Å². The summed E-state index contributed by atoms with van der Waals surface area (Å²) in [6.07, 6.45) is -1.17. The third-order valence-corrected chi connectivity index (χ3v) is 17.9. The largest absolute Gasteiger partial charge is 0.497 e. The molecule has 0 saturated carbocycles. The number of aryl methyl sites for hydroxylation is 1. The highest BCUT2D eigenvalue weighted by Gasteiger charge is 2.74. The van der Waals surface area contributed by atoms with Gasteiger partial charge in [-0.25, -0.2) is 4.79 Å². The maximum absolute atomic E-state index is 13.7. The minimum Gasteiger partial charge on any atom is -0.497 e. The van der Waals surface area contributed by atoms with Crippen molar-refractivity contribution < 1.29 is 29.2 Å². The number of H-pyrrole nitrogens is 1. The van der Waals surface area contributed by atoms with Gasteiger partial charge < -0.3 is 29.2 Å². The Kier molecular flexibility index (Phi) is 10.1. The number of aromatic nitrogens is 2. The summed E-state index contributed by atoms with van der Waals surface area (Å²) in [7, 11) is 1.71. The standard InChI is InChI=1S/C39H50N2O8Si/c1-26-24-41(35(44)40-33(26)42)32-23-38(45,50(8,9)36(2,3)4)37(49-32,25-46-5)34(43)39(27-13-11-10-12-14-27,28-15-19-30(47-6)20-16-28)29-17-21-31(48-7)22-18-29/h10-22,24,32,34,43,45H,23,25H2,1-9H3,(H,40,42,44)/t32-,34?,37-,38-/m1/s1. The zero-order chi connectivity index (χ0) is 36.7. The third-order valence-electron chi connectivity index (χ3n) is 11.4. The molecule has 0 radical (unpaired) electrons. The predicted octanol–water partition coefficient (Wildman–Crippen LogP) is 5.34. The van der Waals surface area contributed by atoms with Crippen molar-refractivity contribution in [3.63, 3.8) is 0 Å². The van der Waals surface area contributed by atoms with Crippen molar-refractivity contribution in [2.75, 3.05) is 27.9 Å². The number of benzene rings is 3. The van der Waals surface area contributed by atoms with E-state index in [2.05, 4.69) is 38.8 Å². The Morgan fingerprint density at radius 1 is 0.900 bits per heavy atom. The first-order chi connectivity index (χ1) is 23.5. The lowest BCUT2D eigenvalue weighted by Crippen LogP contribution is -2.76. The molecule has 0 bridgehead atoms. The third kappa shape index (κ3) is 5.74. The van der Waals surface area contributed by atoms with Crippen LogP contribution in [-0.2, 0) is 14.9 Å². The second kappa shape index (κ2) is 13.6. The first kappa shape index (κ1) is 37.3. The molecule has 4 atom stereocenters. The summed E-state index contributed by atoms with van der Waals surface area (Å²) in [4.78, 5) is 28.2. The molecule has 1 aromatic heterocycles. The molecule has 268 valence electrons. The lowest BCUT2D eigenvalue weighted by molar-refractivity contribution is -0.211. The molecule has 0 aliphatic carbocycles. The van der Waals surface area contributed by atoms with Gasteiger partial charge >= 0.3 is 5.69 Å². The Morgan fingerprint density at radius 2 is 1.40 bits per heavy atom. The summed E-state index contributed by atoms with van der Waals surface area (Å²) >= 11 is 0. The SMILES string of the molecule is COC[C@]1(C(O)C(c2ccccc2)(c2ccc(OC)cc2)c2ccc(OC)cc2)O[C@@H](n2cc(C)c(=O)[nH]c2=O)C[C@@]1(O)[Si](C)(C)C(C)(C)C. The minimum absolute atomic E-state index is 0.0363. The molecule has 0 amide bonds. The van der Waals surface area contributed by atoms with Crippen molar-refractivity contribution in [3.8, 4) is 11.5 Å². The van der Waals surface area contributed by atoms with Crippen LogP contribution in [0.1, 0.15) is 55.7 Å². The fourth-order valence-electron chi connectivity index (χ4n) is 7.64. The molecule has 1 aliphatic heterocycles. The van der Waals surface area contributed by atoms with Gasteiger partial charge in [0.2, 0.25) is 0 Å². The summed E-state index contributed by atoms with van der Waals surface area (Å²) in [5.41, 5.74) is -1.92. The highest BCUT2D eigenvalue weighted by atomic mass is 28.3. The van der Waals surface area contributed by atoms with E-state index in [0.29, 0.717) is 28.2 Å². The van der Waals surface area contributed by atoms with Crippen LogP contribution >= 0.6 is 0 Å². The van der Waals surface area contributed by atoms with E-state index in [1.165, 1.54) is 17.9 Å². The number of hydrogen-bond donors (Lipinski definition) is 3. The monoisotopic (exact) mass is 702 g/mol. The van der Waals surface area contributed by atoms with Crippen LogP contribution in [0.3, 0.4) is 0 Å². The van der Waals surface area contributed by atoms with Gasteiger partial charge in [-0.2, -0.15) is 0 Å². The molecule has 10 nitrogen and oxygen atoms in total. The number of methoxy groups -OCH3 is 3. The molecule has 2 heterocycles. The van der Waals surface area contributed by atoms with Gasteiger partial charge in [-0.15, -0.1) is 0 Å². The highest BCUT2D eigenvalue weighted by Crippen LogP contribution is 2.60. The van der Waals surface area contributed by atoms with Crippen LogP contribution in [0.15, 0.2) is 94.6 Å². The molecular formula is C39H50N2O8Si. The molecule has 11 heteroatoms. The summed E-state index contributed by atoms with van der Waals surface area (Å²) in [5, 5.41) is 25.2. The highest BCUT2D eigenvalue weighted by molar-refractivity contribution is 6.83. The number of nitrogens with one attached hydrogen (secondary N) is 1. The Balaban J connectivity index is 1.93. The van der Waals surface area contributed by atoms with Crippen LogP contribution in [0.5, 0.6) is 11.5 Å². The van der Waals surface area contributed by atoms with E-state index in [-0.39, 0.29) is 13.0 Å². The Bertz CT molecular complexity index is 1850. The van der Waals surface area contributed by atoms with Crippen LogP contribution in [-0.4, -0.2) is 72.7 Å². The normalized spacial score (nSPS) is 21.9. The van der Waals surface area contributed by atoms with Gasteiger partial charge in [-0.3, -0.25) is 14.3 Å². The Labute approximate surface area is 294 Å². The van der Waals surface area contributed by atoms with E-state index >= 15 is 0 Å². The molecule has 1 fully saturated rings. The predicted molar refractivity (Wildman–Crippen MR) is 196 cm³/mol. The number of aliphatic hydroxyl groups excluding tert-OH is 1. The van der Waals surface area contributed by atoms with Crippen LogP contribution in [0.25, 0.3) is 0 Å². The molecule has 1 saturated heterocycles. The average molecular weight is 703 g/mol. The smallest absolute Gasteiger partial charge is 0.330 e. The molecule has 1 aliphatic rings. The van der Waals surface area contributed by atoms with E-state index in [9.17, 15) is 19.8 Å². The first-order valence-electron chi connectivity index (χ1n) is 16.8. The Hall–Kier alpha value is -4.00. The zero-order valence-electron chi connectivity index (χ0n) is 30.4. The molecule has 50 heavy (non-hydrogen) atoms. The summed E-state index contributed by atoms with van der Waals surface area (Å²) in [5.74, 6) is 1.27. The second-order valence-electron chi connectivity index (χ2n) is 14.8. The van der Waals surface area contributed by atoms with Crippen LogP contribution in [0, 0.1) is 6.92 Å². The fraction of sp³-hybridized carbons (Fsp3) is 0.436. The first-order valence-corrected chi connectivity index (χ1v) is 19.8. The van der Waals surface area contributed by atoms with E-state index in [4.69, 9.17) is 18.9 Å². The molecule has 1 unspecified atom stereocenters. The minimum atomic E-state index is -3.00. The molecule has 3 aromatic carbocycles. The fourth-order valence-corrected chi connectivity index (χ4v) is 10.9. The van der Waals surface area contributed by atoms with E-state index in [1.54, 1.807) is 21.1 Å². The summed E-state index contributed by atoms with van der Waals surface area (Å²) < 4.78 is 25.4. The number of rotatable bonds is 11. The number of nitrogens with zero attached hydrogens (tertiary/aromatic N) is 1. The van der Waals surface area contributed by atoms with Gasteiger partial charge in [-0.1, -0.05) is 88.5 Å². The van der Waals surface area contributed by atoms with Gasteiger partial charge in [0, 0.05) is 25.3 Å². The van der Waals surface area contributed by atoms with Gasteiger partial charge in [0.1, 0.15) is 29.4 Å². The number of aliphatic hydroxyl groups is 2. The van der Waals surface area contributed by atoms with E-state index in [0.717, 1.165) is 5.56 Å². The van der Waals surface area contributed by atoms with Gasteiger partial charge in [0.05, 0.1) is 39.5 Å². The van der Waals surface area contributed by atoms with Crippen LogP contribution in [0.2, 0.25) is 18.1 Å². The van der Waals surface area contributed by atoms with Crippen molar-refractivity contribution >= 4 is 8.07 Å². The molecular weight excluding hydrogens is 653 g/mol. The second-order valence-corrected chi connectivity index (χ2v) is 20.4. The van der Waals surface area contributed by atoms with Gasteiger partial charge in [0.25, 0.3) is 5.56 Å². The molecule has 5 rings (SSSR count). The molecule has 0 spiro atoms. The lowest BCUT2D eigenvalue weighted by Gasteiger charge is -2.58. The van der Waals surface area contributed by atoms with Gasteiger partial charge in [0.15, 0.2) is 0 Å². The molecule has 4 aromatic rings. The topological polar surface area (TPSA) is 132 Å². The number of hydrogen-bond acceptors (Lipinski definition) is 8.